The van der Waals surface area contributed by atoms with Gasteiger partial charge in [-0.05, 0) is 19.1 Å². The second kappa shape index (κ2) is 5.79. The van der Waals surface area contributed by atoms with Crippen LogP contribution in [0.3, 0.4) is 0 Å². The van der Waals surface area contributed by atoms with E-state index >= 15 is 0 Å². The first-order chi connectivity index (χ1) is 11.3. The fourth-order valence-corrected chi connectivity index (χ4v) is 3.05. The number of furan rings is 1. The molecule has 8 heteroatoms. The van der Waals surface area contributed by atoms with E-state index in [1.165, 1.54) is 24.7 Å². The van der Waals surface area contributed by atoms with Gasteiger partial charge in [0.25, 0.3) is 11.5 Å². The summed E-state index contributed by atoms with van der Waals surface area (Å²) in [7, 11) is 2.85. The lowest BCUT2D eigenvalue weighted by atomic mass is 10.0. The number of hydrogen-bond acceptors (Lipinski definition) is 5. The van der Waals surface area contributed by atoms with Gasteiger partial charge in [-0.1, -0.05) is 0 Å². The summed E-state index contributed by atoms with van der Waals surface area (Å²) >= 11 is 0. The molecule has 0 spiro atoms. The molecule has 0 unspecified atom stereocenters. The van der Waals surface area contributed by atoms with Crippen molar-refractivity contribution in [2.75, 3.05) is 13.1 Å². The number of hydrogen-bond donors (Lipinski definition) is 1. The van der Waals surface area contributed by atoms with E-state index in [2.05, 4.69) is 0 Å². The minimum atomic E-state index is -0.535. The minimum Gasteiger partial charge on any atom is -0.466 e. The first-order valence-electron chi connectivity index (χ1n) is 7.68. The van der Waals surface area contributed by atoms with Crippen molar-refractivity contribution in [2.24, 2.45) is 19.8 Å². The van der Waals surface area contributed by atoms with Gasteiger partial charge in [0.1, 0.15) is 17.2 Å². The van der Waals surface area contributed by atoms with E-state index in [0.29, 0.717) is 13.1 Å². The summed E-state index contributed by atoms with van der Waals surface area (Å²) in [5, 5.41) is 0. The van der Waals surface area contributed by atoms with Gasteiger partial charge < -0.3 is 15.1 Å². The quantitative estimate of drug-likeness (QED) is 0.802. The van der Waals surface area contributed by atoms with Crippen molar-refractivity contribution in [3.8, 4) is 0 Å². The van der Waals surface area contributed by atoms with Crippen LogP contribution in [-0.4, -0.2) is 39.1 Å². The highest BCUT2D eigenvalue weighted by molar-refractivity contribution is 5.92. The molecule has 0 aromatic carbocycles. The summed E-state index contributed by atoms with van der Waals surface area (Å²) in [6.45, 7) is 2.57. The average Bonchev–Trinajstić information content (AvgIpc) is 3.14. The van der Waals surface area contributed by atoms with E-state index in [1.54, 1.807) is 4.90 Å². The number of carbonyl (C=O) groups is 1. The summed E-state index contributed by atoms with van der Waals surface area (Å²) < 4.78 is 7.76. The Morgan fingerprint density at radius 2 is 1.92 bits per heavy atom. The maximum Gasteiger partial charge on any atom is 0.331 e. The molecule has 128 valence electrons. The maximum atomic E-state index is 12.7. The molecule has 2 aromatic rings. The summed E-state index contributed by atoms with van der Waals surface area (Å²) in [5.74, 6) is 1.05. The van der Waals surface area contributed by atoms with Crippen LogP contribution in [-0.2, 0) is 14.1 Å². The van der Waals surface area contributed by atoms with Gasteiger partial charge in [0.05, 0.1) is 5.92 Å². The largest absolute Gasteiger partial charge is 0.466 e. The van der Waals surface area contributed by atoms with Crippen molar-refractivity contribution in [3.05, 3.63) is 56.3 Å². The van der Waals surface area contributed by atoms with Crippen molar-refractivity contribution < 1.29 is 9.21 Å². The molecule has 8 nitrogen and oxygen atoms in total. The number of nitrogens with zero attached hydrogens (tertiary/aromatic N) is 3. The molecule has 3 heterocycles. The van der Waals surface area contributed by atoms with Gasteiger partial charge in [-0.25, -0.2) is 4.79 Å². The maximum absolute atomic E-state index is 12.7. The summed E-state index contributed by atoms with van der Waals surface area (Å²) in [5.41, 5.74) is 5.18. The van der Waals surface area contributed by atoms with E-state index < -0.39 is 11.2 Å². The van der Waals surface area contributed by atoms with Crippen LogP contribution in [0, 0.1) is 6.92 Å². The van der Waals surface area contributed by atoms with Crippen LogP contribution in [0.2, 0.25) is 0 Å². The molecule has 1 aliphatic rings. The average molecular weight is 332 g/mol. The summed E-state index contributed by atoms with van der Waals surface area (Å²) in [6, 6.07) is 4.64. The molecule has 2 N–H and O–H groups in total. The fraction of sp³-hybridized carbons (Fsp3) is 0.438. The molecule has 1 saturated heterocycles. The Kier molecular flexibility index (Phi) is 3.92. The molecule has 24 heavy (non-hydrogen) atoms. The fourth-order valence-electron chi connectivity index (χ4n) is 3.05. The Bertz CT molecular complexity index is 908. The Morgan fingerprint density at radius 3 is 2.54 bits per heavy atom. The molecule has 1 fully saturated rings. The molecule has 2 atom stereocenters. The SMILES string of the molecule is Cc1ccc([C@@H]2CN(C(=O)c3cc(=O)n(C)c(=O)n3C)C[C@H]2N)o1. The third-order valence-electron chi connectivity index (χ3n) is 4.52. The van der Waals surface area contributed by atoms with Crippen LogP contribution in [0.5, 0.6) is 0 Å². The molecule has 1 amide bonds. The monoisotopic (exact) mass is 332 g/mol. The zero-order chi connectivity index (χ0) is 17.6. The van der Waals surface area contributed by atoms with Crippen LogP contribution in [0.15, 0.2) is 32.2 Å². The highest BCUT2D eigenvalue weighted by atomic mass is 16.3. The number of aromatic nitrogens is 2. The lowest BCUT2D eigenvalue weighted by molar-refractivity contribution is 0.0776. The Labute approximate surface area is 138 Å². The predicted octanol–water partition coefficient (Wildman–Crippen LogP) is -0.448. The zero-order valence-corrected chi connectivity index (χ0v) is 13.9. The van der Waals surface area contributed by atoms with Crippen LogP contribution >= 0.6 is 0 Å². The normalized spacial score (nSPS) is 20.6. The van der Waals surface area contributed by atoms with Gasteiger partial charge in [0.15, 0.2) is 0 Å². The first-order valence-corrected chi connectivity index (χ1v) is 7.68. The molecule has 0 aliphatic carbocycles. The molecule has 2 aromatic heterocycles. The van der Waals surface area contributed by atoms with Crippen molar-refractivity contribution in [3.63, 3.8) is 0 Å². The minimum absolute atomic E-state index is 0.0616. The van der Waals surface area contributed by atoms with Crippen molar-refractivity contribution in [2.45, 2.75) is 18.9 Å². The molecule has 0 radical (unpaired) electrons. The van der Waals surface area contributed by atoms with Crippen LogP contribution in [0.4, 0.5) is 0 Å². The Balaban J connectivity index is 1.90. The smallest absolute Gasteiger partial charge is 0.331 e. The third-order valence-corrected chi connectivity index (χ3v) is 4.52. The van der Waals surface area contributed by atoms with Gasteiger partial charge >= 0.3 is 5.69 Å². The second-order valence-corrected chi connectivity index (χ2v) is 6.20. The first kappa shape index (κ1) is 16.3. The molecule has 1 aliphatic heterocycles. The standard InChI is InChI=1S/C16H20N4O4/c1-9-4-5-13(24-9)10-7-20(8-11(10)17)15(22)12-6-14(21)19(3)16(23)18(12)2/h4-6,10-11H,7-8,17H2,1-3H3/t10-,11-/m1/s1. The van der Waals surface area contributed by atoms with Crippen molar-refractivity contribution in [1.29, 1.82) is 0 Å². The molecular formula is C16H20N4O4. The summed E-state index contributed by atoms with van der Waals surface area (Å²) in [6.07, 6.45) is 0. The zero-order valence-electron chi connectivity index (χ0n) is 13.9. The Morgan fingerprint density at radius 1 is 1.21 bits per heavy atom. The molecule has 3 rings (SSSR count). The van der Waals surface area contributed by atoms with E-state index in [-0.39, 0.29) is 23.6 Å². The Hall–Kier alpha value is -2.61. The third kappa shape index (κ3) is 2.58. The van der Waals surface area contributed by atoms with Crippen molar-refractivity contribution >= 4 is 5.91 Å². The number of rotatable bonds is 2. The number of carbonyl (C=O) groups excluding carboxylic acids is 1. The molecule has 0 saturated carbocycles. The van der Waals surface area contributed by atoms with E-state index in [1.807, 2.05) is 19.1 Å². The topological polar surface area (TPSA) is 103 Å². The highest BCUT2D eigenvalue weighted by Gasteiger charge is 2.36. The van der Waals surface area contributed by atoms with Gasteiger partial charge in [-0.2, -0.15) is 0 Å². The lowest BCUT2D eigenvalue weighted by Gasteiger charge is -2.17. The highest BCUT2D eigenvalue weighted by Crippen LogP contribution is 2.28. The number of likely N-dealkylation sites (tertiary alicyclic amines) is 1. The van der Waals surface area contributed by atoms with Gasteiger partial charge in [0.2, 0.25) is 0 Å². The second-order valence-electron chi connectivity index (χ2n) is 6.20. The molecular weight excluding hydrogens is 312 g/mol. The summed E-state index contributed by atoms with van der Waals surface area (Å²) in [4.78, 5) is 38.1. The van der Waals surface area contributed by atoms with Crippen molar-refractivity contribution in [1.82, 2.24) is 14.0 Å². The van der Waals surface area contributed by atoms with Gasteiger partial charge in [0, 0.05) is 39.3 Å². The number of amides is 1. The van der Waals surface area contributed by atoms with Crippen LogP contribution < -0.4 is 17.0 Å². The van der Waals surface area contributed by atoms with Crippen LogP contribution in [0.25, 0.3) is 0 Å². The van der Waals surface area contributed by atoms with E-state index in [0.717, 1.165) is 16.1 Å². The predicted molar refractivity (Wildman–Crippen MR) is 87.0 cm³/mol. The van der Waals surface area contributed by atoms with Crippen LogP contribution in [0.1, 0.15) is 27.9 Å². The van der Waals surface area contributed by atoms with Gasteiger partial charge in [-0.15, -0.1) is 0 Å². The van der Waals surface area contributed by atoms with E-state index in [9.17, 15) is 14.4 Å². The number of aryl methyl sites for hydroxylation is 1. The molecule has 0 bridgehead atoms. The number of nitrogens with two attached hydrogens (primary N) is 1. The van der Waals surface area contributed by atoms with E-state index in [4.69, 9.17) is 10.2 Å². The lowest BCUT2D eigenvalue weighted by Crippen LogP contribution is -2.42. The van der Waals surface area contributed by atoms with Gasteiger partial charge in [-0.3, -0.25) is 18.7 Å².